The van der Waals surface area contributed by atoms with Gasteiger partial charge in [-0.2, -0.15) is 0 Å². The molecule has 22 heavy (non-hydrogen) atoms. The van der Waals surface area contributed by atoms with Crippen molar-refractivity contribution in [3.63, 3.8) is 0 Å². The van der Waals surface area contributed by atoms with Crippen molar-refractivity contribution in [2.75, 3.05) is 0 Å². The minimum absolute atomic E-state index is 0.0821. The average Bonchev–Trinajstić information content (AvgIpc) is 2.52. The van der Waals surface area contributed by atoms with Crippen molar-refractivity contribution < 1.29 is 10.2 Å². The van der Waals surface area contributed by atoms with E-state index in [1.165, 1.54) is 64.2 Å². The zero-order valence-corrected chi connectivity index (χ0v) is 15.4. The molecule has 2 unspecified atom stereocenters. The van der Waals surface area contributed by atoms with Gasteiger partial charge in [-0.1, -0.05) is 90.9 Å². The number of aliphatic hydroxyl groups excluding tert-OH is 2. The molecule has 0 fully saturated rings. The summed E-state index contributed by atoms with van der Waals surface area (Å²) in [4.78, 5) is 0. The molecule has 0 saturated carbocycles. The minimum atomic E-state index is -0.104. The van der Waals surface area contributed by atoms with Crippen LogP contribution in [-0.4, -0.2) is 22.4 Å². The lowest BCUT2D eigenvalue weighted by molar-refractivity contribution is 0.145. The van der Waals surface area contributed by atoms with E-state index in [4.69, 9.17) is 0 Å². The van der Waals surface area contributed by atoms with Crippen LogP contribution in [-0.2, 0) is 0 Å². The molecule has 0 radical (unpaired) electrons. The van der Waals surface area contributed by atoms with Crippen LogP contribution in [0.2, 0.25) is 0 Å². The number of hydrogen-bond donors (Lipinski definition) is 2. The Kier molecular flexibility index (Phi) is 17.2. The molecule has 0 bridgehead atoms. The van der Waals surface area contributed by atoms with Crippen molar-refractivity contribution in [1.29, 1.82) is 0 Å². The van der Waals surface area contributed by atoms with Crippen LogP contribution in [0.5, 0.6) is 0 Å². The highest BCUT2D eigenvalue weighted by Crippen LogP contribution is 2.14. The Morgan fingerprint density at radius 3 is 1.27 bits per heavy atom. The fourth-order valence-electron chi connectivity index (χ4n) is 2.98. The van der Waals surface area contributed by atoms with E-state index in [1.54, 1.807) is 0 Å². The first-order valence-electron chi connectivity index (χ1n) is 10.1. The van der Waals surface area contributed by atoms with Crippen molar-refractivity contribution in [3.8, 4) is 0 Å². The third-order valence-electron chi connectivity index (χ3n) is 4.69. The fraction of sp³-hybridized carbons (Fsp3) is 1.00. The van der Waals surface area contributed by atoms with Crippen molar-refractivity contribution in [2.45, 2.75) is 129 Å². The van der Waals surface area contributed by atoms with E-state index in [2.05, 4.69) is 6.92 Å². The van der Waals surface area contributed by atoms with E-state index in [9.17, 15) is 10.2 Å². The number of hydrogen-bond acceptors (Lipinski definition) is 2. The Hall–Kier alpha value is -0.0800. The van der Waals surface area contributed by atoms with Gasteiger partial charge in [0.25, 0.3) is 0 Å². The largest absolute Gasteiger partial charge is 0.393 e. The van der Waals surface area contributed by atoms with Crippen molar-refractivity contribution in [2.24, 2.45) is 0 Å². The molecule has 2 N–H and O–H groups in total. The van der Waals surface area contributed by atoms with E-state index >= 15 is 0 Å². The Balaban J connectivity index is 3.18. The molecular formula is C20H42O2. The maximum Gasteiger partial charge on any atom is 0.0540 e. The van der Waals surface area contributed by atoms with Gasteiger partial charge in [-0.15, -0.1) is 0 Å². The molecule has 2 nitrogen and oxygen atoms in total. The van der Waals surface area contributed by atoms with Gasteiger partial charge in [-0.3, -0.25) is 0 Å². The molecule has 0 aliphatic heterocycles. The summed E-state index contributed by atoms with van der Waals surface area (Å²) in [6.07, 6.45) is 18.9. The van der Waals surface area contributed by atoms with Gasteiger partial charge in [0.05, 0.1) is 12.2 Å². The first-order valence-corrected chi connectivity index (χ1v) is 10.1. The zero-order chi connectivity index (χ0) is 16.5. The SMILES string of the molecule is CCCCCCCCCCC(O)CCCCCCC(O)CC. The number of rotatable bonds is 17. The number of unbranched alkanes of at least 4 members (excludes halogenated alkanes) is 10. The van der Waals surface area contributed by atoms with Gasteiger partial charge in [-0.25, -0.2) is 0 Å². The number of aliphatic hydroxyl groups is 2. The van der Waals surface area contributed by atoms with Crippen molar-refractivity contribution in [1.82, 2.24) is 0 Å². The molecule has 0 amide bonds. The lowest BCUT2D eigenvalue weighted by Gasteiger charge is -2.11. The van der Waals surface area contributed by atoms with Crippen molar-refractivity contribution >= 4 is 0 Å². The second kappa shape index (κ2) is 17.3. The highest BCUT2D eigenvalue weighted by molar-refractivity contribution is 4.58. The molecule has 0 aliphatic rings. The summed E-state index contributed by atoms with van der Waals surface area (Å²) >= 11 is 0. The van der Waals surface area contributed by atoms with E-state index in [-0.39, 0.29) is 12.2 Å². The zero-order valence-electron chi connectivity index (χ0n) is 15.4. The van der Waals surface area contributed by atoms with E-state index < -0.39 is 0 Å². The van der Waals surface area contributed by atoms with Gasteiger partial charge in [0, 0.05) is 0 Å². The molecule has 0 saturated heterocycles. The molecule has 0 spiro atoms. The van der Waals surface area contributed by atoms with E-state index in [0.717, 1.165) is 38.5 Å². The van der Waals surface area contributed by atoms with Crippen LogP contribution in [0.3, 0.4) is 0 Å². The Morgan fingerprint density at radius 2 is 0.864 bits per heavy atom. The van der Waals surface area contributed by atoms with Crippen molar-refractivity contribution in [3.05, 3.63) is 0 Å². The molecule has 134 valence electrons. The van der Waals surface area contributed by atoms with Crippen LogP contribution >= 0.6 is 0 Å². The van der Waals surface area contributed by atoms with Crippen LogP contribution in [0, 0.1) is 0 Å². The van der Waals surface area contributed by atoms with Gasteiger partial charge in [0.1, 0.15) is 0 Å². The second-order valence-electron chi connectivity index (χ2n) is 6.97. The Bertz CT molecular complexity index is 206. The van der Waals surface area contributed by atoms with Crippen LogP contribution in [0.25, 0.3) is 0 Å². The molecule has 0 aliphatic carbocycles. The molecular weight excluding hydrogens is 272 g/mol. The standard InChI is InChI=1S/C20H42O2/c1-3-5-6-7-8-9-10-14-17-20(22)18-15-12-11-13-16-19(21)4-2/h19-22H,3-18H2,1-2H3. The summed E-state index contributed by atoms with van der Waals surface area (Å²) < 4.78 is 0. The third-order valence-corrected chi connectivity index (χ3v) is 4.69. The Labute approximate surface area is 139 Å². The average molecular weight is 315 g/mol. The van der Waals surface area contributed by atoms with Gasteiger partial charge in [0.2, 0.25) is 0 Å². The fourth-order valence-corrected chi connectivity index (χ4v) is 2.98. The van der Waals surface area contributed by atoms with Gasteiger partial charge >= 0.3 is 0 Å². The van der Waals surface area contributed by atoms with E-state index in [0.29, 0.717) is 0 Å². The Morgan fingerprint density at radius 1 is 0.500 bits per heavy atom. The highest BCUT2D eigenvalue weighted by Gasteiger charge is 2.04. The molecule has 2 heteroatoms. The summed E-state index contributed by atoms with van der Waals surface area (Å²) in [7, 11) is 0. The highest BCUT2D eigenvalue weighted by atomic mass is 16.3. The quantitative estimate of drug-likeness (QED) is 0.324. The lowest BCUT2D eigenvalue weighted by Crippen LogP contribution is -2.06. The second-order valence-corrected chi connectivity index (χ2v) is 6.97. The predicted molar refractivity (Wildman–Crippen MR) is 97.2 cm³/mol. The van der Waals surface area contributed by atoms with Gasteiger partial charge in [0.15, 0.2) is 0 Å². The van der Waals surface area contributed by atoms with Crippen LogP contribution in [0.15, 0.2) is 0 Å². The van der Waals surface area contributed by atoms with Crippen LogP contribution in [0.1, 0.15) is 117 Å². The van der Waals surface area contributed by atoms with E-state index in [1.807, 2.05) is 6.92 Å². The first kappa shape index (κ1) is 21.9. The summed E-state index contributed by atoms with van der Waals surface area (Å²) in [6, 6.07) is 0. The smallest absolute Gasteiger partial charge is 0.0540 e. The molecule has 0 rings (SSSR count). The molecule has 0 aromatic heterocycles. The predicted octanol–water partition coefficient (Wildman–Crippen LogP) is 5.99. The van der Waals surface area contributed by atoms with Crippen LogP contribution < -0.4 is 0 Å². The molecule has 0 aromatic carbocycles. The summed E-state index contributed by atoms with van der Waals surface area (Å²) in [5, 5.41) is 19.4. The maximum atomic E-state index is 9.96. The molecule has 2 atom stereocenters. The summed E-state index contributed by atoms with van der Waals surface area (Å²) in [5.74, 6) is 0. The first-order chi connectivity index (χ1) is 10.7. The molecule has 0 heterocycles. The lowest BCUT2D eigenvalue weighted by atomic mass is 10.0. The topological polar surface area (TPSA) is 40.5 Å². The van der Waals surface area contributed by atoms with Gasteiger partial charge in [-0.05, 0) is 25.7 Å². The normalized spacial score (nSPS) is 14.2. The maximum absolute atomic E-state index is 9.96. The third kappa shape index (κ3) is 16.3. The summed E-state index contributed by atoms with van der Waals surface area (Å²) in [6.45, 7) is 4.29. The summed E-state index contributed by atoms with van der Waals surface area (Å²) in [5.41, 5.74) is 0. The van der Waals surface area contributed by atoms with Crippen LogP contribution in [0.4, 0.5) is 0 Å². The van der Waals surface area contributed by atoms with Gasteiger partial charge < -0.3 is 10.2 Å². The molecule has 0 aromatic rings. The monoisotopic (exact) mass is 314 g/mol. The minimum Gasteiger partial charge on any atom is -0.393 e.